The normalized spacial score (nSPS) is 11.0. The van der Waals surface area contributed by atoms with E-state index in [1.807, 2.05) is 6.92 Å². The van der Waals surface area contributed by atoms with Crippen LogP contribution in [0.5, 0.6) is 17.2 Å². The Bertz CT molecular complexity index is 773. The van der Waals surface area contributed by atoms with Crippen molar-refractivity contribution >= 4 is 16.9 Å². The summed E-state index contributed by atoms with van der Waals surface area (Å²) < 4.78 is 15.1. The van der Waals surface area contributed by atoms with Crippen LogP contribution in [0.3, 0.4) is 0 Å². The Morgan fingerprint density at radius 3 is 2.86 bits per heavy atom. The number of ether oxygens (including phenoxy) is 2. The first-order valence-electron chi connectivity index (χ1n) is 6.49. The number of rotatable bonds is 6. The van der Waals surface area contributed by atoms with Crippen LogP contribution in [0.2, 0.25) is 0 Å². The average molecular weight is 306 g/mol. The van der Waals surface area contributed by atoms with Crippen LogP contribution >= 0.6 is 0 Å². The van der Waals surface area contributed by atoms with Gasteiger partial charge in [0, 0.05) is 6.07 Å². The third-order valence-electron chi connectivity index (χ3n) is 2.69. The van der Waals surface area contributed by atoms with Crippen LogP contribution in [-0.4, -0.2) is 22.8 Å². The topological polar surface area (TPSA) is 106 Å². The summed E-state index contributed by atoms with van der Waals surface area (Å²) >= 11 is 0. The number of carboxylic acids is 1. The summed E-state index contributed by atoms with van der Waals surface area (Å²) in [7, 11) is 0. The van der Waals surface area contributed by atoms with E-state index in [9.17, 15) is 14.7 Å². The van der Waals surface area contributed by atoms with Gasteiger partial charge in [0.25, 0.3) is 5.75 Å². The maximum atomic E-state index is 11.8. The summed E-state index contributed by atoms with van der Waals surface area (Å²) in [5, 5.41) is 18.9. The second-order valence-corrected chi connectivity index (χ2v) is 4.31. The molecule has 0 unspecified atom stereocenters. The van der Waals surface area contributed by atoms with E-state index < -0.39 is 18.2 Å². The molecule has 0 aliphatic rings. The zero-order chi connectivity index (χ0) is 16.1. The number of aromatic hydroxyl groups is 1. The highest BCUT2D eigenvalue weighted by Gasteiger charge is 2.15. The van der Waals surface area contributed by atoms with Crippen LogP contribution in [0.4, 0.5) is 0 Å². The fourth-order valence-corrected chi connectivity index (χ4v) is 1.70. The second-order valence-electron chi connectivity index (χ2n) is 4.31. The van der Waals surface area contributed by atoms with E-state index in [0.29, 0.717) is 6.42 Å². The number of hydrogen-bond donors (Lipinski definition) is 2. The molecule has 7 heteroatoms. The van der Waals surface area contributed by atoms with Crippen LogP contribution in [0.15, 0.2) is 39.7 Å². The van der Waals surface area contributed by atoms with Crippen LogP contribution < -0.4 is 15.1 Å². The summed E-state index contributed by atoms with van der Waals surface area (Å²) in [6.45, 7) is 1.37. The quantitative estimate of drug-likeness (QED) is 0.622. The van der Waals surface area contributed by atoms with Crippen molar-refractivity contribution in [2.45, 2.75) is 13.3 Å². The number of fused-ring (bicyclic) bond motifs is 1. The van der Waals surface area contributed by atoms with Crippen LogP contribution in [0, 0.1) is 0 Å². The molecule has 116 valence electrons. The lowest BCUT2D eigenvalue weighted by Crippen LogP contribution is -2.09. The van der Waals surface area contributed by atoms with Crippen molar-refractivity contribution in [2.24, 2.45) is 0 Å². The molecule has 2 rings (SSSR count). The lowest BCUT2D eigenvalue weighted by Gasteiger charge is -2.07. The Hall–Kier alpha value is -2.96. The number of carboxylic acid groups (broad SMARTS) is 1. The molecule has 0 amide bonds. The lowest BCUT2D eigenvalue weighted by molar-refractivity contribution is -0.139. The van der Waals surface area contributed by atoms with Crippen LogP contribution in [0.1, 0.15) is 13.3 Å². The standard InChI is InChI=1S/C15H14O7/c1-2-3-6-20-14-13(18)10-5-4-9(21-8-12(16)17)7-11(10)22-15(14)19/h3-7,18H,2,8H2,1H3,(H,16,17). The van der Waals surface area contributed by atoms with Gasteiger partial charge in [-0.05, 0) is 24.6 Å². The van der Waals surface area contributed by atoms with Gasteiger partial charge in [0.05, 0.1) is 11.6 Å². The smallest absolute Gasteiger partial charge is 0.383 e. The Morgan fingerprint density at radius 1 is 1.41 bits per heavy atom. The molecule has 1 aromatic heterocycles. The van der Waals surface area contributed by atoms with E-state index in [0.717, 1.165) is 0 Å². The molecule has 1 heterocycles. The SMILES string of the molecule is CCC=COc1c(O)c2ccc(OCC(=O)O)cc2oc1=O. The summed E-state index contributed by atoms with van der Waals surface area (Å²) in [6, 6.07) is 4.23. The molecule has 0 atom stereocenters. The third kappa shape index (κ3) is 3.38. The Labute approximate surface area is 125 Å². The average Bonchev–Trinajstić information content (AvgIpc) is 2.48. The van der Waals surface area contributed by atoms with Gasteiger partial charge in [-0.3, -0.25) is 0 Å². The maximum absolute atomic E-state index is 11.8. The minimum Gasteiger partial charge on any atom is -0.504 e. The van der Waals surface area contributed by atoms with Gasteiger partial charge in [-0.1, -0.05) is 6.92 Å². The summed E-state index contributed by atoms with van der Waals surface area (Å²) in [6.07, 6.45) is 3.68. The van der Waals surface area contributed by atoms with Crippen LogP contribution in [0.25, 0.3) is 11.0 Å². The molecule has 0 bridgehead atoms. The fraction of sp³-hybridized carbons (Fsp3) is 0.200. The molecular weight excluding hydrogens is 292 g/mol. The largest absolute Gasteiger partial charge is 0.504 e. The molecule has 2 aromatic rings. The van der Waals surface area contributed by atoms with E-state index in [-0.39, 0.29) is 28.2 Å². The van der Waals surface area contributed by atoms with E-state index in [1.165, 1.54) is 24.5 Å². The first kappa shape index (κ1) is 15.4. The number of carbonyl (C=O) groups is 1. The molecule has 22 heavy (non-hydrogen) atoms. The van der Waals surface area contributed by atoms with Gasteiger partial charge in [-0.2, -0.15) is 0 Å². The monoisotopic (exact) mass is 306 g/mol. The zero-order valence-electron chi connectivity index (χ0n) is 11.7. The zero-order valence-corrected chi connectivity index (χ0v) is 11.7. The summed E-state index contributed by atoms with van der Waals surface area (Å²) in [5.41, 5.74) is -0.779. The van der Waals surface area contributed by atoms with Crippen molar-refractivity contribution in [2.75, 3.05) is 6.61 Å². The van der Waals surface area contributed by atoms with Crippen molar-refractivity contribution in [1.29, 1.82) is 0 Å². The molecule has 0 aliphatic heterocycles. The molecule has 0 spiro atoms. The minimum atomic E-state index is -1.13. The number of allylic oxidation sites excluding steroid dienone is 1. The first-order chi connectivity index (χ1) is 10.5. The highest BCUT2D eigenvalue weighted by atomic mass is 16.5. The number of benzene rings is 1. The molecule has 0 saturated carbocycles. The molecule has 0 radical (unpaired) electrons. The molecule has 0 aliphatic carbocycles. The van der Waals surface area contributed by atoms with Gasteiger partial charge in [0.15, 0.2) is 12.4 Å². The van der Waals surface area contributed by atoms with Gasteiger partial charge in [-0.15, -0.1) is 0 Å². The highest BCUT2D eigenvalue weighted by molar-refractivity contribution is 5.86. The summed E-state index contributed by atoms with van der Waals surface area (Å²) in [5.74, 6) is -1.58. The van der Waals surface area contributed by atoms with E-state index in [1.54, 1.807) is 6.08 Å². The number of aliphatic carboxylic acids is 1. The maximum Gasteiger partial charge on any atom is 0.383 e. The van der Waals surface area contributed by atoms with Crippen molar-refractivity contribution in [3.05, 3.63) is 41.0 Å². The summed E-state index contributed by atoms with van der Waals surface area (Å²) in [4.78, 5) is 22.3. The van der Waals surface area contributed by atoms with Crippen molar-refractivity contribution in [3.8, 4) is 17.2 Å². The minimum absolute atomic E-state index is 0.0669. The predicted molar refractivity (Wildman–Crippen MR) is 77.3 cm³/mol. The second kappa shape index (κ2) is 6.66. The third-order valence-corrected chi connectivity index (χ3v) is 2.69. The van der Waals surface area contributed by atoms with Gasteiger partial charge >= 0.3 is 11.6 Å². The van der Waals surface area contributed by atoms with Gasteiger partial charge in [0.1, 0.15) is 11.3 Å². The molecule has 7 nitrogen and oxygen atoms in total. The fourth-order valence-electron chi connectivity index (χ4n) is 1.70. The Kier molecular flexibility index (Phi) is 4.67. The molecular formula is C15H14O7. The van der Waals surface area contributed by atoms with E-state index >= 15 is 0 Å². The molecule has 0 saturated heterocycles. The number of hydrogen-bond acceptors (Lipinski definition) is 6. The van der Waals surface area contributed by atoms with Gasteiger partial charge in [-0.25, -0.2) is 9.59 Å². The highest BCUT2D eigenvalue weighted by Crippen LogP contribution is 2.33. The Morgan fingerprint density at radius 2 is 2.18 bits per heavy atom. The lowest BCUT2D eigenvalue weighted by atomic mass is 10.2. The van der Waals surface area contributed by atoms with E-state index in [4.69, 9.17) is 19.0 Å². The molecule has 1 aromatic carbocycles. The first-order valence-corrected chi connectivity index (χ1v) is 6.49. The molecule has 2 N–H and O–H groups in total. The van der Waals surface area contributed by atoms with Crippen molar-refractivity contribution in [1.82, 2.24) is 0 Å². The van der Waals surface area contributed by atoms with Gasteiger partial charge < -0.3 is 24.1 Å². The molecule has 0 fully saturated rings. The van der Waals surface area contributed by atoms with Crippen LogP contribution in [-0.2, 0) is 4.79 Å². The Balaban J connectivity index is 2.40. The van der Waals surface area contributed by atoms with E-state index in [2.05, 4.69) is 0 Å². The van der Waals surface area contributed by atoms with Crippen molar-refractivity contribution in [3.63, 3.8) is 0 Å². The van der Waals surface area contributed by atoms with Crippen molar-refractivity contribution < 1.29 is 28.9 Å². The van der Waals surface area contributed by atoms with Gasteiger partial charge in [0.2, 0.25) is 0 Å². The predicted octanol–water partition coefficient (Wildman–Crippen LogP) is 2.26.